The van der Waals surface area contributed by atoms with Gasteiger partial charge in [0.1, 0.15) is 0 Å². The van der Waals surface area contributed by atoms with Crippen molar-refractivity contribution in [2.75, 3.05) is 32.9 Å². The molecule has 2 aromatic heterocycles. The van der Waals surface area contributed by atoms with Crippen molar-refractivity contribution in [1.29, 1.82) is 0 Å². The highest BCUT2D eigenvalue weighted by Gasteiger charge is 2.25. The third kappa shape index (κ3) is 6.14. The van der Waals surface area contributed by atoms with Crippen LogP contribution in [-0.4, -0.2) is 59.9 Å². The maximum atomic E-state index is 12.8. The van der Waals surface area contributed by atoms with Crippen LogP contribution in [0.1, 0.15) is 59.5 Å². The Morgan fingerprint density at radius 2 is 2.08 bits per heavy atom. The number of amides is 1. The van der Waals surface area contributed by atoms with Crippen LogP contribution in [0.15, 0.2) is 41.5 Å². The molecule has 0 spiro atoms. The number of carbonyl (C=O) groups is 1. The summed E-state index contributed by atoms with van der Waals surface area (Å²) >= 11 is 1.73. The molecule has 0 radical (unpaired) electrons. The molecule has 1 aliphatic carbocycles. The second kappa shape index (κ2) is 12.0. The highest BCUT2D eigenvalue weighted by atomic mass is 32.1. The lowest BCUT2D eigenvalue weighted by molar-refractivity contribution is 0.100. The molecule has 4 heterocycles. The van der Waals surface area contributed by atoms with E-state index in [1.807, 2.05) is 36.5 Å². The molecule has 3 aromatic rings. The number of carbonyl (C=O) groups excluding carboxylic acids is 1. The Morgan fingerprint density at radius 3 is 2.95 bits per heavy atom. The van der Waals surface area contributed by atoms with Crippen LogP contribution in [-0.2, 0) is 17.7 Å². The third-order valence-corrected chi connectivity index (χ3v) is 9.35. The molecule has 1 aromatic carbocycles. The Morgan fingerprint density at radius 1 is 1.16 bits per heavy atom. The maximum absolute atomic E-state index is 12.8. The van der Waals surface area contributed by atoms with Gasteiger partial charge in [-0.3, -0.25) is 14.7 Å². The molecule has 0 N–H and O–H groups in total. The summed E-state index contributed by atoms with van der Waals surface area (Å²) in [6.07, 6.45) is 11.7. The molecule has 200 valence electrons. The number of hydrogen-bond donors (Lipinski definition) is 0. The fourth-order valence-corrected chi connectivity index (χ4v) is 6.82. The third-order valence-electron chi connectivity index (χ3n) is 8.28. The van der Waals surface area contributed by atoms with Crippen LogP contribution in [0.2, 0.25) is 0 Å². The lowest BCUT2D eigenvalue weighted by atomic mass is 9.81. The number of pyridine rings is 1. The van der Waals surface area contributed by atoms with Crippen molar-refractivity contribution in [1.82, 2.24) is 14.9 Å². The highest BCUT2D eigenvalue weighted by molar-refractivity contribution is 7.13. The summed E-state index contributed by atoms with van der Waals surface area (Å²) in [6.45, 7) is 5.57. The fourth-order valence-electron chi connectivity index (χ4n) is 5.91. The average molecular weight is 533 g/mol. The standard InChI is InChI=1S/C30H36N4O3S/c35-29(25-3-1-5-26-24(25)4-2-13-31-26)32-17-22-8-6-21(7-9-22)10-14-34-15-11-28-27(18-34)33-30(38-28)37-20-23-12-16-36-19-23/h1-5,13,17,21-23H,6-12,14-16,18-20H2. The maximum Gasteiger partial charge on any atom is 0.277 e. The Balaban J connectivity index is 0.936. The Bertz CT molecular complexity index is 1270. The van der Waals surface area contributed by atoms with E-state index in [4.69, 9.17) is 14.5 Å². The average Bonchev–Trinajstić information content (AvgIpc) is 3.63. The van der Waals surface area contributed by atoms with Crippen molar-refractivity contribution in [2.24, 2.45) is 22.7 Å². The lowest BCUT2D eigenvalue weighted by Crippen LogP contribution is -2.32. The van der Waals surface area contributed by atoms with E-state index in [0.717, 1.165) is 87.2 Å². The smallest absolute Gasteiger partial charge is 0.277 e. The zero-order valence-corrected chi connectivity index (χ0v) is 22.7. The van der Waals surface area contributed by atoms with E-state index < -0.39 is 0 Å². The minimum atomic E-state index is -0.168. The molecule has 1 saturated heterocycles. The Hall–Kier alpha value is -2.68. The van der Waals surface area contributed by atoms with Crippen molar-refractivity contribution >= 4 is 34.4 Å². The van der Waals surface area contributed by atoms with Crippen molar-refractivity contribution < 1.29 is 14.3 Å². The number of rotatable bonds is 8. The number of nitrogens with zero attached hydrogens (tertiary/aromatic N) is 4. The van der Waals surface area contributed by atoms with E-state index in [9.17, 15) is 4.79 Å². The minimum absolute atomic E-state index is 0.168. The van der Waals surface area contributed by atoms with Crippen molar-refractivity contribution in [3.8, 4) is 5.19 Å². The highest BCUT2D eigenvalue weighted by Crippen LogP contribution is 2.33. The molecule has 2 fully saturated rings. The molecule has 1 saturated carbocycles. The zero-order valence-electron chi connectivity index (χ0n) is 21.9. The molecule has 0 bridgehead atoms. The van der Waals surface area contributed by atoms with Gasteiger partial charge in [0.2, 0.25) is 0 Å². The molecule has 1 amide bonds. The number of thiazole rings is 1. The summed E-state index contributed by atoms with van der Waals surface area (Å²) in [4.78, 5) is 30.2. The molecule has 1 atom stereocenters. The van der Waals surface area contributed by atoms with Gasteiger partial charge in [-0.15, -0.1) is 0 Å². The summed E-state index contributed by atoms with van der Waals surface area (Å²) in [5.41, 5.74) is 2.68. The van der Waals surface area contributed by atoms with Gasteiger partial charge in [-0.25, -0.2) is 9.98 Å². The van der Waals surface area contributed by atoms with Crippen LogP contribution in [0.5, 0.6) is 5.19 Å². The first-order valence-electron chi connectivity index (χ1n) is 14.0. The monoisotopic (exact) mass is 532 g/mol. The van der Waals surface area contributed by atoms with Crippen molar-refractivity contribution in [3.05, 3.63) is 52.7 Å². The predicted octanol–water partition coefficient (Wildman–Crippen LogP) is 5.57. The quantitative estimate of drug-likeness (QED) is 0.353. The van der Waals surface area contributed by atoms with E-state index in [-0.39, 0.29) is 5.91 Å². The predicted molar refractivity (Wildman–Crippen MR) is 150 cm³/mol. The van der Waals surface area contributed by atoms with Gasteiger partial charge in [0, 0.05) is 48.3 Å². The Labute approximate surface area is 228 Å². The first-order chi connectivity index (χ1) is 18.7. The second-order valence-corrected chi connectivity index (χ2v) is 12.0. The molecule has 1 unspecified atom stereocenters. The lowest BCUT2D eigenvalue weighted by Gasteiger charge is -2.30. The first kappa shape index (κ1) is 25.6. The van der Waals surface area contributed by atoms with Gasteiger partial charge >= 0.3 is 0 Å². The van der Waals surface area contributed by atoms with Crippen LogP contribution in [0, 0.1) is 17.8 Å². The van der Waals surface area contributed by atoms with E-state index in [1.165, 1.54) is 29.8 Å². The normalized spacial score (nSPS) is 24.2. The number of fused-ring (bicyclic) bond motifs is 2. The fraction of sp³-hybridized carbons (Fsp3) is 0.533. The molecular weight excluding hydrogens is 496 g/mol. The van der Waals surface area contributed by atoms with Crippen LogP contribution in [0.25, 0.3) is 10.9 Å². The van der Waals surface area contributed by atoms with Crippen LogP contribution in [0.3, 0.4) is 0 Å². The topological polar surface area (TPSA) is 76.9 Å². The molecule has 2 aliphatic heterocycles. The van der Waals surface area contributed by atoms with Crippen LogP contribution in [0.4, 0.5) is 0 Å². The minimum Gasteiger partial charge on any atom is -0.470 e. The largest absolute Gasteiger partial charge is 0.470 e. The number of ether oxygens (including phenoxy) is 2. The molecule has 8 heteroatoms. The molecule has 7 nitrogen and oxygen atoms in total. The van der Waals surface area contributed by atoms with Gasteiger partial charge in [-0.1, -0.05) is 23.5 Å². The van der Waals surface area contributed by atoms with Crippen LogP contribution < -0.4 is 4.74 Å². The van der Waals surface area contributed by atoms with E-state index >= 15 is 0 Å². The van der Waals surface area contributed by atoms with Gasteiger partial charge in [-0.05, 0) is 81.5 Å². The van der Waals surface area contributed by atoms with Crippen molar-refractivity contribution in [2.45, 2.75) is 51.5 Å². The van der Waals surface area contributed by atoms with E-state index in [2.05, 4.69) is 14.9 Å². The summed E-state index contributed by atoms with van der Waals surface area (Å²) in [7, 11) is 0. The van der Waals surface area contributed by atoms with E-state index in [1.54, 1.807) is 17.5 Å². The number of aliphatic imine (C=N–C) groups is 1. The summed E-state index contributed by atoms with van der Waals surface area (Å²) in [5, 5.41) is 1.70. The second-order valence-electron chi connectivity index (χ2n) is 10.9. The van der Waals surface area contributed by atoms with Gasteiger partial charge in [-0.2, -0.15) is 0 Å². The molecular formula is C30H36N4O3S. The Kier molecular flexibility index (Phi) is 8.09. The van der Waals surface area contributed by atoms with Crippen molar-refractivity contribution in [3.63, 3.8) is 0 Å². The summed E-state index contributed by atoms with van der Waals surface area (Å²) in [6, 6.07) is 9.45. The number of aromatic nitrogens is 2. The number of hydrogen-bond acceptors (Lipinski definition) is 7. The summed E-state index contributed by atoms with van der Waals surface area (Å²) in [5.74, 6) is 1.49. The van der Waals surface area contributed by atoms with E-state index in [0.29, 0.717) is 17.4 Å². The zero-order chi connectivity index (χ0) is 25.7. The van der Waals surface area contributed by atoms with Gasteiger partial charge in [0.05, 0.1) is 30.0 Å². The molecule has 3 aliphatic rings. The molecule has 38 heavy (non-hydrogen) atoms. The van der Waals surface area contributed by atoms with Gasteiger partial charge < -0.3 is 9.47 Å². The summed E-state index contributed by atoms with van der Waals surface area (Å²) < 4.78 is 11.4. The van der Waals surface area contributed by atoms with Crippen LogP contribution >= 0.6 is 11.3 Å². The van der Waals surface area contributed by atoms with Gasteiger partial charge in [0.15, 0.2) is 0 Å². The SMILES string of the molecule is O=C(N=CC1CCC(CCN2CCc3sc(OCC4CCOC4)nc3C2)CC1)c1cccc2ncccc12. The molecule has 6 rings (SSSR count). The first-order valence-corrected chi connectivity index (χ1v) is 14.9. The number of benzene rings is 1. The van der Waals surface area contributed by atoms with Gasteiger partial charge in [0.25, 0.3) is 11.1 Å².